The molecule has 1 saturated heterocycles. The molecule has 0 spiro atoms. The van der Waals surface area contributed by atoms with Crippen LogP contribution in [0.25, 0.3) is 10.8 Å². The lowest BCUT2D eigenvalue weighted by molar-refractivity contribution is -0.288. The van der Waals surface area contributed by atoms with E-state index in [1.165, 1.54) is 20.1 Å². The van der Waals surface area contributed by atoms with Gasteiger partial charge in [-0.25, -0.2) is 0 Å². The molecule has 10 nitrogen and oxygen atoms in total. The third-order valence-corrected chi connectivity index (χ3v) is 7.41. The number of carbonyl (C=O) groups is 1. The normalized spacial score (nSPS) is 24.4. The number of ether oxygens (including phenoxy) is 3. The van der Waals surface area contributed by atoms with Gasteiger partial charge in [0, 0.05) is 12.6 Å². The number of aliphatic hydroxyl groups is 4. The number of hydrogen-bond donors (Lipinski definition) is 6. The molecule has 1 heterocycles. The van der Waals surface area contributed by atoms with E-state index in [2.05, 4.69) is 5.32 Å². The van der Waals surface area contributed by atoms with Crippen molar-refractivity contribution in [2.24, 2.45) is 0 Å². The van der Waals surface area contributed by atoms with Crippen LogP contribution in [0.2, 0.25) is 0 Å². The van der Waals surface area contributed by atoms with Crippen molar-refractivity contribution in [2.75, 3.05) is 20.7 Å². The predicted octanol–water partition coefficient (Wildman–Crippen LogP) is 2.01. The van der Waals surface area contributed by atoms with Gasteiger partial charge >= 0.3 is 0 Å². The van der Waals surface area contributed by atoms with E-state index in [0.717, 1.165) is 5.56 Å². The Balaban J connectivity index is 1.67. The number of ketones is 1. The van der Waals surface area contributed by atoms with Crippen molar-refractivity contribution >= 4 is 16.6 Å². The highest BCUT2D eigenvalue weighted by molar-refractivity contribution is 6.07. The first-order chi connectivity index (χ1) is 19.1. The van der Waals surface area contributed by atoms with Gasteiger partial charge in [-0.3, -0.25) is 4.79 Å². The summed E-state index contributed by atoms with van der Waals surface area (Å²) in [4.78, 5) is 12.3. The number of benzene rings is 3. The summed E-state index contributed by atoms with van der Waals surface area (Å²) in [5.74, 6) is -0.387. The first-order valence-electron chi connectivity index (χ1n) is 13.2. The number of aromatic hydroxyl groups is 1. The van der Waals surface area contributed by atoms with Crippen LogP contribution in [0.3, 0.4) is 0 Å². The average Bonchev–Trinajstić information content (AvgIpc) is 2.92. The van der Waals surface area contributed by atoms with Crippen LogP contribution >= 0.6 is 0 Å². The van der Waals surface area contributed by atoms with Crippen LogP contribution in [-0.4, -0.2) is 88.8 Å². The van der Waals surface area contributed by atoms with Crippen LogP contribution < -0.4 is 14.8 Å². The van der Waals surface area contributed by atoms with E-state index in [9.17, 15) is 30.3 Å². The van der Waals surface area contributed by atoms with Crippen LogP contribution in [-0.2, 0) is 4.74 Å². The molecule has 7 atom stereocenters. The summed E-state index contributed by atoms with van der Waals surface area (Å²) in [6.07, 6.45) is -8.87. The molecular formula is C30H37NO9. The van der Waals surface area contributed by atoms with Gasteiger partial charge < -0.3 is 45.1 Å². The Hall–Kier alpha value is -3.25. The van der Waals surface area contributed by atoms with Crippen molar-refractivity contribution in [2.45, 2.75) is 63.0 Å². The topological polar surface area (TPSA) is 158 Å². The molecule has 10 heteroatoms. The summed E-state index contributed by atoms with van der Waals surface area (Å²) in [7, 11) is 3.25. The number of phenolic OH excluding ortho intramolecular Hbond substituents is 1. The maximum atomic E-state index is 12.3. The summed E-state index contributed by atoms with van der Waals surface area (Å²) in [5, 5.41) is 58.2. The number of Topliss-reactive ketones (excluding diaryl/α,β-unsaturated/α-hetero) is 1. The molecular weight excluding hydrogens is 518 g/mol. The number of nitrogens with one attached hydrogen (secondary N) is 1. The second kappa shape index (κ2) is 12.5. The molecule has 0 amide bonds. The zero-order valence-electron chi connectivity index (χ0n) is 22.9. The lowest BCUT2D eigenvalue weighted by Crippen LogP contribution is -2.62. The number of aryl methyl sites for hydroxylation is 1. The molecule has 1 aliphatic heterocycles. The summed E-state index contributed by atoms with van der Waals surface area (Å²) in [6.45, 7) is 3.58. The van der Waals surface area contributed by atoms with Gasteiger partial charge in [-0.15, -0.1) is 0 Å². The molecule has 0 aliphatic carbocycles. The van der Waals surface area contributed by atoms with Gasteiger partial charge in [-0.05, 0) is 55.8 Å². The molecule has 0 aromatic heterocycles. The van der Waals surface area contributed by atoms with E-state index in [0.29, 0.717) is 23.2 Å². The first-order valence-corrected chi connectivity index (χ1v) is 13.2. The van der Waals surface area contributed by atoms with Gasteiger partial charge in [-0.2, -0.15) is 0 Å². The third kappa shape index (κ3) is 5.92. The second-order valence-electron chi connectivity index (χ2n) is 10.2. The van der Waals surface area contributed by atoms with Gasteiger partial charge in [0.2, 0.25) is 6.29 Å². The number of carbonyl (C=O) groups excluding carboxylic acids is 1. The Kier molecular flexibility index (Phi) is 9.29. The molecule has 216 valence electrons. The van der Waals surface area contributed by atoms with E-state index in [1.54, 1.807) is 26.1 Å². The Morgan fingerprint density at radius 3 is 2.40 bits per heavy atom. The molecule has 3 aromatic rings. The molecule has 1 fully saturated rings. The Bertz CT molecular complexity index is 1330. The highest BCUT2D eigenvalue weighted by Gasteiger charge is 2.48. The smallest absolute Gasteiger partial charge is 0.229 e. The minimum Gasteiger partial charge on any atom is -0.506 e. The van der Waals surface area contributed by atoms with Gasteiger partial charge in [0.1, 0.15) is 41.7 Å². The summed E-state index contributed by atoms with van der Waals surface area (Å²) in [6, 6.07) is 14.4. The van der Waals surface area contributed by atoms with E-state index in [1.807, 2.05) is 30.3 Å². The van der Waals surface area contributed by atoms with Gasteiger partial charge in [0.25, 0.3) is 0 Å². The van der Waals surface area contributed by atoms with Gasteiger partial charge in [-0.1, -0.05) is 36.4 Å². The van der Waals surface area contributed by atoms with Crippen molar-refractivity contribution < 1.29 is 44.5 Å². The second-order valence-corrected chi connectivity index (χ2v) is 10.2. The van der Waals surface area contributed by atoms with E-state index >= 15 is 0 Å². The summed E-state index contributed by atoms with van der Waals surface area (Å²) < 4.78 is 17.3. The fraction of sp³-hybridized carbons (Fsp3) is 0.433. The zero-order valence-corrected chi connectivity index (χ0v) is 22.9. The maximum Gasteiger partial charge on any atom is 0.229 e. The minimum absolute atomic E-state index is 0.0209. The zero-order chi connectivity index (χ0) is 29.1. The van der Waals surface area contributed by atoms with Crippen molar-refractivity contribution in [1.29, 1.82) is 0 Å². The molecule has 6 N–H and O–H groups in total. The fourth-order valence-corrected chi connectivity index (χ4v) is 5.40. The Labute approximate surface area is 232 Å². The summed E-state index contributed by atoms with van der Waals surface area (Å²) >= 11 is 0. The quantitative estimate of drug-likeness (QED) is 0.204. The largest absolute Gasteiger partial charge is 0.506 e. The van der Waals surface area contributed by atoms with Crippen LogP contribution in [0, 0.1) is 6.92 Å². The summed E-state index contributed by atoms with van der Waals surface area (Å²) in [5.41, 5.74) is 1.65. The minimum atomic E-state index is -1.70. The van der Waals surface area contributed by atoms with Crippen LogP contribution in [0.4, 0.5) is 0 Å². The van der Waals surface area contributed by atoms with Crippen molar-refractivity contribution in [3.05, 3.63) is 65.2 Å². The monoisotopic (exact) mass is 555 g/mol. The number of phenols is 1. The van der Waals surface area contributed by atoms with E-state index in [4.69, 9.17) is 14.2 Å². The standard InChI is InChI=1S/C30H37NO9/c1-15-10-18-11-20(38-4)13-22(24(18)25(34)23(15)16(2)32)39-30-28(37)26(35)27(36)29(40-30)21(33)12-19(14-31-3)17-8-6-5-7-9-17/h5-11,13,19,21,26-31,33-37H,12,14H2,1-4H3/t19-,21-,26-,27-,28+,29+,30+/m0/s1. The first kappa shape index (κ1) is 29.7. The molecule has 3 aromatic carbocycles. The Morgan fingerprint density at radius 2 is 1.77 bits per heavy atom. The number of rotatable bonds is 10. The van der Waals surface area contributed by atoms with E-state index < -0.39 is 36.8 Å². The molecule has 0 unspecified atom stereocenters. The Morgan fingerprint density at radius 1 is 1.07 bits per heavy atom. The fourth-order valence-electron chi connectivity index (χ4n) is 5.40. The molecule has 1 aliphatic rings. The SMILES string of the molecule is CNC[C@H](C[C@H](O)[C@H]1O[C@@H](Oc2cc(OC)cc3cc(C)c(C(C)=O)c(O)c23)[C@H](O)[C@@H](O)[C@@H]1O)c1ccccc1. The highest BCUT2D eigenvalue weighted by Crippen LogP contribution is 2.42. The van der Waals surface area contributed by atoms with Crippen molar-refractivity contribution in [3.8, 4) is 17.2 Å². The highest BCUT2D eigenvalue weighted by atomic mass is 16.7. The van der Waals surface area contributed by atoms with Crippen molar-refractivity contribution in [3.63, 3.8) is 0 Å². The van der Waals surface area contributed by atoms with Crippen LogP contribution in [0.15, 0.2) is 48.5 Å². The number of methoxy groups -OCH3 is 1. The van der Waals surface area contributed by atoms with Crippen LogP contribution in [0.1, 0.15) is 40.7 Å². The molecule has 0 saturated carbocycles. The average molecular weight is 556 g/mol. The maximum absolute atomic E-state index is 12.3. The number of hydrogen-bond acceptors (Lipinski definition) is 10. The number of aliphatic hydroxyl groups excluding tert-OH is 4. The molecule has 40 heavy (non-hydrogen) atoms. The van der Waals surface area contributed by atoms with Gasteiger partial charge in [0.15, 0.2) is 5.78 Å². The predicted molar refractivity (Wildman–Crippen MR) is 148 cm³/mol. The lowest BCUT2D eigenvalue weighted by Gasteiger charge is -2.42. The molecule has 4 rings (SSSR count). The number of likely N-dealkylation sites (N-methyl/N-ethyl adjacent to an activating group) is 1. The molecule has 0 bridgehead atoms. The van der Waals surface area contributed by atoms with Crippen LogP contribution in [0.5, 0.6) is 17.2 Å². The van der Waals surface area contributed by atoms with E-state index in [-0.39, 0.29) is 40.6 Å². The van der Waals surface area contributed by atoms with Crippen molar-refractivity contribution in [1.82, 2.24) is 5.32 Å². The number of fused-ring (bicyclic) bond motifs is 1. The lowest BCUT2D eigenvalue weighted by atomic mass is 9.87. The third-order valence-electron chi connectivity index (χ3n) is 7.41. The van der Waals surface area contributed by atoms with Gasteiger partial charge in [0.05, 0.1) is 24.2 Å². The molecule has 0 radical (unpaired) electrons.